The van der Waals surface area contributed by atoms with Gasteiger partial charge in [0.25, 0.3) is 0 Å². The van der Waals surface area contributed by atoms with Crippen molar-refractivity contribution in [3.8, 4) is 28.7 Å². The highest BCUT2D eigenvalue weighted by Gasteiger charge is 2.23. The highest BCUT2D eigenvalue weighted by Crippen LogP contribution is 2.32. The lowest BCUT2D eigenvalue weighted by molar-refractivity contribution is -0.135. The molecule has 0 aliphatic carbocycles. The largest absolute Gasteiger partial charge is 0.497 e. The zero-order valence-electron chi connectivity index (χ0n) is 41.7. The maximum absolute atomic E-state index is 13.5. The van der Waals surface area contributed by atoms with Crippen molar-refractivity contribution in [2.45, 2.75) is 63.8 Å². The Balaban J connectivity index is 1.18. The molecule has 0 bridgehead atoms. The van der Waals surface area contributed by atoms with Crippen molar-refractivity contribution in [1.82, 2.24) is 19.2 Å². The molecule has 0 atom stereocenters. The minimum Gasteiger partial charge on any atom is -0.497 e. The Morgan fingerprint density at radius 2 is 0.904 bits per heavy atom. The second-order valence-electron chi connectivity index (χ2n) is 17.6. The van der Waals surface area contributed by atoms with Crippen molar-refractivity contribution in [1.29, 1.82) is 0 Å². The third-order valence-corrected chi connectivity index (χ3v) is 14.5. The van der Waals surface area contributed by atoms with E-state index < -0.39 is 20.0 Å². The first-order valence-corrected chi connectivity index (χ1v) is 27.2. The predicted octanol–water partition coefficient (Wildman–Crippen LogP) is 8.89. The third-order valence-electron chi connectivity index (χ3n) is 11.3. The lowest BCUT2D eigenvalue weighted by atomic mass is 10.1. The van der Waals surface area contributed by atoms with Gasteiger partial charge < -0.3 is 33.5 Å². The summed E-state index contributed by atoms with van der Waals surface area (Å²) in [6.45, 7) is 8.26. The van der Waals surface area contributed by atoms with Crippen LogP contribution in [0, 0.1) is 11.8 Å². The Kier molecular flexibility index (Phi) is 20.5. The SMILES string of the molecule is COc1ccc(S(=O)(=O)NCCN(Cc2ccc(OCc3ccccc3)c(OCCOc3cc(CN(CCNS(=O)(=O)c4ccc(Cl)cc4)C(=O)C(C)C)ccc3OCc3ccccc3)c2)C(=O)C(C)C)cc1. The first kappa shape index (κ1) is 55.7. The van der Waals surface area contributed by atoms with E-state index in [1.807, 2.05) is 72.8 Å². The van der Waals surface area contributed by atoms with Gasteiger partial charge >= 0.3 is 0 Å². The lowest BCUT2D eigenvalue weighted by Crippen LogP contribution is -2.40. The van der Waals surface area contributed by atoms with E-state index in [-0.39, 0.29) is 99.1 Å². The zero-order chi connectivity index (χ0) is 52.4. The number of halogens is 1. The molecule has 0 unspecified atom stereocenters. The number of sulfonamides is 2. The van der Waals surface area contributed by atoms with Gasteiger partial charge in [0.2, 0.25) is 31.9 Å². The monoisotopic (exact) mass is 1050 g/mol. The van der Waals surface area contributed by atoms with Crippen molar-refractivity contribution in [2.24, 2.45) is 11.8 Å². The Labute approximate surface area is 434 Å². The van der Waals surface area contributed by atoms with Crippen LogP contribution in [0.1, 0.15) is 49.9 Å². The first-order valence-electron chi connectivity index (χ1n) is 23.8. The fourth-order valence-electron chi connectivity index (χ4n) is 7.41. The van der Waals surface area contributed by atoms with Crippen LogP contribution in [-0.2, 0) is 55.9 Å². The average molecular weight is 1060 g/mol. The van der Waals surface area contributed by atoms with Gasteiger partial charge in [-0.15, -0.1) is 0 Å². The standard InChI is InChI=1S/C55H63ClN4O11S2/c1-40(2)54(61)59(30-28-57-72(63,64)48-22-18-46(56)19-23-48)36-44-16-26-50(70-38-42-12-8-6-9-13-42)52(34-44)68-32-33-69-53-35-45(17-27-51(53)71-39-43-14-10-7-11-15-43)37-60(55(62)41(3)4)31-29-58-73(65,66)49-24-20-47(67-5)21-25-49/h6-27,34-35,40-41,57-58H,28-33,36-39H2,1-5H3. The van der Waals surface area contributed by atoms with Gasteiger partial charge in [-0.1, -0.05) is 112 Å². The summed E-state index contributed by atoms with van der Waals surface area (Å²) in [7, 11) is -6.22. The van der Waals surface area contributed by atoms with Crippen LogP contribution in [-0.4, -0.2) is 85.0 Å². The van der Waals surface area contributed by atoms with Gasteiger partial charge in [0.05, 0.1) is 16.9 Å². The molecule has 0 heterocycles. The van der Waals surface area contributed by atoms with Gasteiger partial charge in [0, 0.05) is 56.1 Å². The van der Waals surface area contributed by atoms with Crippen molar-refractivity contribution < 1.29 is 50.1 Å². The zero-order valence-corrected chi connectivity index (χ0v) is 44.1. The van der Waals surface area contributed by atoms with Gasteiger partial charge in [-0.05, 0) is 95.1 Å². The number of benzene rings is 6. The summed E-state index contributed by atoms with van der Waals surface area (Å²) in [5, 5.41) is 0.412. The molecule has 0 aliphatic rings. The molecule has 2 N–H and O–H groups in total. The van der Waals surface area contributed by atoms with Crippen LogP contribution in [0.25, 0.3) is 0 Å². The van der Waals surface area contributed by atoms with Gasteiger partial charge in [-0.2, -0.15) is 0 Å². The quantitative estimate of drug-likeness (QED) is 0.0449. The summed E-state index contributed by atoms with van der Waals surface area (Å²) >= 11 is 5.97. The Morgan fingerprint density at radius 3 is 1.29 bits per heavy atom. The lowest BCUT2D eigenvalue weighted by Gasteiger charge is -2.25. The number of nitrogens with zero attached hydrogens (tertiary/aromatic N) is 2. The molecule has 15 nitrogen and oxygen atoms in total. The summed E-state index contributed by atoms with van der Waals surface area (Å²) in [6, 6.07) is 42.1. The van der Waals surface area contributed by atoms with E-state index in [2.05, 4.69) is 9.44 Å². The highest BCUT2D eigenvalue weighted by molar-refractivity contribution is 7.89. The number of ether oxygens (including phenoxy) is 5. The van der Waals surface area contributed by atoms with Crippen molar-refractivity contribution in [3.05, 3.63) is 173 Å². The van der Waals surface area contributed by atoms with Crippen LogP contribution in [0.15, 0.2) is 155 Å². The molecule has 18 heteroatoms. The van der Waals surface area contributed by atoms with Crippen LogP contribution < -0.4 is 33.1 Å². The van der Waals surface area contributed by atoms with Crippen LogP contribution in [0.4, 0.5) is 0 Å². The van der Waals surface area contributed by atoms with Gasteiger partial charge in [-0.25, -0.2) is 26.3 Å². The fraction of sp³-hybridized carbons (Fsp3) is 0.309. The minimum absolute atomic E-state index is 0.0250. The van der Waals surface area contributed by atoms with E-state index in [1.54, 1.807) is 73.9 Å². The molecule has 6 rings (SSSR count). The van der Waals surface area contributed by atoms with Crippen molar-refractivity contribution in [2.75, 3.05) is 46.5 Å². The molecule has 0 radical (unpaired) electrons. The van der Waals surface area contributed by atoms with Crippen LogP contribution in [0.2, 0.25) is 5.02 Å². The van der Waals surface area contributed by atoms with E-state index in [9.17, 15) is 26.4 Å². The van der Waals surface area contributed by atoms with Crippen molar-refractivity contribution >= 4 is 43.5 Å². The van der Waals surface area contributed by atoms with E-state index in [0.717, 1.165) is 22.3 Å². The summed E-state index contributed by atoms with van der Waals surface area (Å²) < 4.78 is 88.0. The minimum atomic E-state index is -3.86. The Bertz CT molecular complexity index is 2950. The molecule has 73 heavy (non-hydrogen) atoms. The summed E-state index contributed by atoms with van der Waals surface area (Å²) in [5.41, 5.74) is 3.33. The van der Waals surface area contributed by atoms with Crippen LogP contribution >= 0.6 is 11.6 Å². The number of hydrogen-bond acceptors (Lipinski definition) is 11. The first-order chi connectivity index (χ1) is 35.0. The number of methoxy groups -OCH3 is 1. The predicted molar refractivity (Wildman–Crippen MR) is 281 cm³/mol. The van der Waals surface area contributed by atoms with E-state index in [4.69, 9.17) is 35.3 Å². The molecular weight excluding hydrogens is 992 g/mol. The van der Waals surface area contributed by atoms with Gasteiger partial charge in [0.15, 0.2) is 23.0 Å². The maximum atomic E-state index is 13.5. The van der Waals surface area contributed by atoms with E-state index in [0.29, 0.717) is 33.8 Å². The second-order valence-corrected chi connectivity index (χ2v) is 21.5. The topological polar surface area (TPSA) is 179 Å². The maximum Gasteiger partial charge on any atom is 0.240 e. The normalized spacial score (nSPS) is 11.6. The molecule has 0 saturated heterocycles. The van der Waals surface area contributed by atoms with E-state index in [1.165, 1.54) is 43.5 Å². The van der Waals surface area contributed by atoms with Gasteiger partial charge in [0.1, 0.15) is 32.2 Å². The highest BCUT2D eigenvalue weighted by atomic mass is 35.5. The Hall–Kier alpha value is -6.63. The third kappa shape index (κ3) is 17.0. The summed E-state index contributed by atoms with van der Waals surface area (Å²) in [6.07, 6.45) is 0. The number of carbonyl (C=O) groups excluding carboxylic acids is 2. The number of rotatable bonds is 28. The number of nitrogens with one attached hydrogen (secondary N) is 2. The number of amides is 2. The van der Waals surface area contributed by atoms with Crippen molar-refractivity contribution in [3.63, 3.8) is 0 Å². The molecule has 388 valence electrons. The van der Waals surface area contributed by atoms with Crippen LogP contribution in [0.5, 0.6) is 28.7 Å². The molecule has 6 aromatic carbocycles. The smallest absolute Gasteiger partial charge is 0.240 e. The second kappa shape index (κ2) is 26.9. The molecular formula is C55H63ClN4O11S2. The molecule has 0 fully saturated rings. The fourth-order valence-corrected chi connectivity index (χ4v) is 9.58. The molecule has 0 spiro atoms. The summed E-state index contributed by atoms with van der Waals surface area (Å²) in [4.78, 5) is 30.4. The number of hydrogen-bond donors (Lipinski definition) is 2. The molecule has 0 saturated carbocycles. The average Bonchev–Trinajstić information content (AvgIpc) is 3.38. The Morgan fingerprint density at radius 1 is 0.507 bits per heavy atom. The molecule has 2 amide bonds. The molecule has 0 aromatic heterocycles. The van der Waals surface area contributed by atoms with Crippen LogP contribution in [0.3, 0.4) is 0 Å². The molecule has 0 aliphatic heterocycles. The summed E-state index contributed by atoms with van der Waals surface area (Å²) in [5.74, 6) is 1.20. The van der Waals surface area contributed by atoms with E-state index >= 15 is 0 Å². The molecule has 6 aromatic rings. The number of carbonyl (C=O) groups is 2. The van der Waals surface area contributed by atoms with Gasteiger partial charge in [-0.3, -0.25) is 9.59 Å².